The van der Waals surface area contributed by atoms with Crippen LogP contribution in [0.4, 0.5) is 0 Å². The number of aromatic nitrogens is 1. The average molecular weight is 432 g/mol. The van der Waals surface area contributed by atoms with E-state index in [4.69, 9.17) is 14.5 Å². The van der Waals surface area contributed by atoms with E-state index in [0.29, 0.717) is 12.6 Å². The van der Waals surface area contributed by atoms with Gasteiger partial charge < -0.3 is 20.1 Å². The Morgan fingerprint density at radius 1 is 1.23 bits per heavy atom. The van der Waals surface area contributed by atoms with Crippen LogP contribution in [0.15, 0.2) is 29.4 Å². The zero-order valence-electron chi connectivity index (χ0n) is 18.4. The number of aliphatic imine (C=N–C) groups is 1. The summed E-state index contributed by atoms with van der Waals surface area (Å²) in [6.45, 7) is 8.58. The van der Waals surface area contributed by atoms with Crippen molar-refractivity contribution in [2.45, 2.75) is 45.8 Å². The van der Waals surface area contributed by atoms with E-state index in [1.54, 1.807) is 25.6 Å². The van der Waals surface area contributed by atoms with Gasteiger partial charge in [0.2, 0.25) is 0 Å². The molecule has 3 rings (SSSR count). The third-order valence-corrected chi connectivity index (χ3v) is 6.22. The Bertz CT molecular complexity index is 816. The predicted octanol–water partition coefficient (Wildman–Crippen LogP) is 3.05. The van der Waals surface area contributed by atoms with E-state index in [1.807, 2.05) is 12.3 Å². The number of guanidine groups is 1. The lowest BCUT2D eigenvalue weighted by Crippen LogP contribution is -2.44. The summed E-state index contributed by atoms with van der Waals surface area (Å²) < 4.78 is 10.8. The van der Waals surface area contributed by atoms with Gasteiger partial charge in [-0.15, -0.1) is 11.3 Å². The molecule has 1 aliphatic heterocycles. The zero-order valence-corrected chi connectivity index (χ0v) is 19.2. The van der Waals surface area contributed by atoms with Gasteiger partial charge in [0.05, 0.1) is 20.8 Å². The molecule has 1 atom stereocenters. The standard InChI is InChI=1S/C22H33N5O2S/c1-5-20-12-24-21(30-20)13-25-22(23-6-2)26-17-7-8-27(15-17)14-16-9-18(28-3)11-19(10-16)29-4/h9-12,17H,5-8,13-15H2,1-4H3,(H2,23,25,26). The van der Waals surface area contributed by atoms with E-state index in [0.717, 1.165) is 61.5 Å². The molecule has 2 heterocycles. The maximum atomic E-state index is 5.40. The van der Waals surface area contributed by atoms with Crippen molar-refractivity contribution in [3.8, 4) is 11.5 Å². The van der Waals surface area contributed by atoms with E-state index in [9.17, 15) is 0 Å². The van der Waals surface area contributed by atoms with Crippen molar-refractivity contribution in [2.75, 3.05) is 33.9 Å². The van der Waals surface area contributed by atoms with Crippen molar-refractivity contribution in [1.29, 1.82) is 0 Å². The van der Waals surface area contributed by atoms with E-state index in [-0.39, 0.29) is 0 Å². The first-order valence-electron chi connectivity index (χ1n) is 10.6. The second-order valence-electron chi connectivity index (χ2n) is 7.35. The third-order valence-electron chi connectivity index (χ3n) is 5.10. The summed E-state index contributed by atoms with van der Waals surface area (Å²) in [5.74, 6) is 2.52. The minimum absolute atomic E-state index is 0.373. The number of thiazole rings is 1. The minimum Gasteiger partial charge on any atom is -0.497 e. The Morgan fingerprint density at radius 3 is 2.63 bits per heavy atom. The molecular formula is C22H33N5O2S. The van der Waals surface area contributed by atoms with Crippen molar-refractivity contribution in [3.05, 3.63) is 39.8 Å². The number of methoxy groups -OCH3 is 2. The lowest BCUT2D eigenvalue weighted by atomic mass is 10.2. The molecular weight excluding hydrogens is 398 g/mol. The number of likely N-dealkylation sites (tertiary alicyclic amines) is 1. The quantitative estimate of drug-likeness (QED) is 0.470. The van der Waals surface area contributed by atoms with Crippen LogP contribution in [-0.2, 0) is 19.5 Å². The highest BCUT2D eigenvalue weighted by Crippen LogP contribution is 2.24. The molecule has 30 heavy (non-hydrogen) atoms. The van der Waals surface area contributed by atoms with Crippen LogP contribution in [0.3, 0.4) is 0 Å². The highest BCUT2D eigenvalue weighted by Gasteiger charge is 2.23. The molecule has 0 aliphatic carbocycles. The van der Waals surface area contributed by atoms with Gasteiger partial charge in [-0.2, -0.15) is 0 Å². The number of nitrogens with one attached hydrogen (secondary N) is 2. The number of hydrogen-bond acceptors (Lipinski definition) is 6. The smallest absolute Gasteiger partial charge is 0.191 e. The van der Waals surface area contributed by atoms with Crippen LogP contribution < -0.4 is 20.1 Å². The van der Waals surface area contributed by atoms with Crippen LogP contribution >= 0.6 is 11.3 Å². The molecule has 2 N–H and O–H groups in total. The average Bonchev–Trinajstić information content (AvgIpc) is 3.41. The Kier molecular flexibility index (Phi) is 8.33. The number of ether oxygens (including phenoxy) is 2. The lowest BCUT2D eigenvalue weighted by Gasteiger charge is -2.19. The lowest BCUT2D eigenvalue weighted by molar-refractivity contribution is 0.321. The summed E-state index contributed by atoms with van der Waals surface area (Å²) in [6.07, 6.45) is 4.07. The van der Waals surface area contributed by atoms with Crippen LogP contribution in [-0.4, -0.2) is 55.7 Å². The fourth-order valence-corrected chi connectivity index (χ4v) is 4.34. The van der Waals surface area contributed by atoms with Gasteiger partial charge in [-0.25, -0.2) is 9.98 Å². The van der Waals surface area contributed by atoms with Crippen molar-refractivity contribution in [2.24, 2.45) is 4.99 Å². The maximum absolute atomic E-state index is 5.40. The van der Waals surface area contributed by atoms with Crippen LogP contribution in [0.1, 0.15) is 35.7 Å². The van der Waals surface area contributed by atoms with Gasteiger partial charge in [-0.1, -0.05) is 6.92 Å². The molecule has 0 spiro atoms. The first-order chi connectivity index (χ1) is 14.6. The summed E-state index contributed by atoms with van der Waals surface area (Å²) in [7, 11) is 3.37. The molecule has 1 aliphatic rings. The van der Waals surface area contributed by atoms with Crippen LogP contribution in [0.25, 0.3) is 0 Å². The fourth-order valence-electron chi connectivity index (χ4n) is 3.55. The van der Waals surface area contributed by atoms with Gasteiger partial charge in [0.25, 0.3) is 0 Å². The zero-order chi connectivity index (χ0) is 21.3. The summed E-state index contributed by atoms with van der Waals surface area (Å²) in [5.41, 5.74) is 1.20. The number of aryl methyl sites for hydroxylation is 1. The SMILES string of the molecule is CCNC(=NCc1ncc(CC)s1)NC1CCN(Cc2cc(OC)cc(OC)c2)C1. The molecule has 2 aromatic rings. The van der Waals surface area contributed by atoms with Gasteiger partial charge in [0.15, 0.2) is 5.96 Å². The van der Waals surface area contributed by atoms with Crippen LogP contribution in [0, 0.1) is 0 Å². The molecule has 1 saturated heterocycles. The second-order valence-corrected chi connectivity index (χ2v) is 8.55. The molecule has 1 aromatic carbocycles. The molecule has 0 amide bonds. The van der Waals surface area contributed by atoms with Gasteiger partial charge in [-0.05, 0) is 37.5 Å². The molecule has 7 nitrogen and oxygen atoms in total. The third kappa shape index (κ3) is 6.34. The largest absolute Gasteiger partial charge is 0.497 e. The topological polar surface area (TPSA) is 71.0 Å². The maximum Gasteiger partial charge on any atom is 0.191 e. The Labute approximate surface area is 183 Å². The second kappa shape index (κ2) is 11.2. The molecule has 1 fully saturated rings. The predicted molar refractivity (Wildman–Crippen MR) is 123 cm³/mol. The van der Waals surface area contributed by atoms with E-state index in [1.165, 1.54) is 10.4 Å². The summed E-state index contributed by atoms with van der Waals surface area (Å²) in [6, 6.07) is 6.43. The fraction of sp³-hybridized carbons (Fsp3) is 0.545. The summed E-state index contributed by atoms with van der Waals surface area (Å²) >= 11 is 1.74. The molecule has 0 radical (unpaired) electrons. The molecule has 0 bridgehead atoms. The van der Waals surface area contributed by atoms with Gasteiger partial charge >= 0.3 is 0 Å². The summed E-state index contributed by atoms with van der Waals surface area (Å²) in [5, 5.41) is 8.01. The number of nitrogens with zero attached hydrogens (tertiary/aromatic N) is 3. The first kappa shape index (κ1) is 22.4. The molecule has 1 unspecified atom stereocenters. The highest BCUT2D eigenvalue weighted by atomic mass is 32.1. The van der Waals surface area contributed by atoms with Crippen molar-refractivity contribution >= 4 is 17.3 Å². The van der Waals surface area contributed by atoms with Gasteiger partial charge in [-0.3, -0.25) is 4.90 Å². The highest BCUT2D eigenvalue weighted by molar-refractivity contribution is 7.11. The van der Waals surface area contributed by atoms with Crippen molar-refractivity contribution in [3.63, 3.8) is 0 Å². The van der Waals surface area contributed by atoms with Crippen LogP contribution in [0.5, 0.6) is 11.5 Å². The normalized spacial score (nSPS) is 17.2. The summed E-state index contributed by atoms with van der Waals surface area (Å²) in [4.78, 5) is 13.0. The van der Waals surface area contributed by atoms with Gasteiger partial charge in [0.1, 0.15) is 16.5 Å². The van der Waals surface area contributed by atoms with Gasteiger partial charge in [0, 0.05) is 49.4 Å². The number of rotatable bonds is 9. The Balaban J connectivity index is 1.56. The number of hydrogen-bond donors (Lipinski definition) is 2. The van der Waals surface area contributed by atoms with E-state index < -0.39 is 0 Å². The Morgan fingerprint density at radius 2 is 2.00 bits per heavy atom. The van der Waals surface area contributed by atoms with Crippen molar-refractivity contribution < 1.29 is 9.47 Å². The van der Waals surface area contributed by atoms with Crippen LogP contribution in [0.2, 0.25) is 0 Å². The molecule has 0 saturated carbocycles. The molecule has 8 heteroatoms. The molecule has 1 aromatic heterocycles. The number of benzene rings is 1. The first-order valence-corrected chi connectivity index (χ1v) is 11.4. The van der Waals surface area contributed by atoms with Crippen molar-refractivity contribution in [1.82, 2.24) is 20.5 Å². The minimum atomic E-state index is 0.373. The Hall–Kier alpha value is -2.32. The van der Waals surface area contributed by atoms with E-state index >= 15 is 0 Å². The van der Waals surface area contributed by atoms with E-state index in [2.05, 4.69) is 46.5 Å². The molecule has 164 valence electrons. The monoisotopic (exact) mass is 431 g/mol.